The molecular formula is C10H12BrN5O5. The van der Waals surface area contributed by atoms with E-state index in [-0.39, 0.29) is 17.2 Å². The molecule has 0 bridgehead atoms. The third-order valence-electron chi connectivity index (χ3n) is 3.26. The minimum atomic E-state index is -0.850. The predicted octanol–water partition coefficient (Wildman–Crippen LogP) is 0.272. The molecule has 0 aromatic carbocycles. The summed E-state index contributed by atoms with van der Waals surface area (Å²) in [7, 11) is 0. The van der Waals surface area contributed by atoms with Crippen molar-refractivity contribution >= 4 is 33.8 Å². The summed E-state index contributed by atoms with van der Waals surface area (Å²) in [6.45, 7) is 0.521. The van der Waals surface area contributed by atoms with Gasteiger partial charge in [0.15, 0.2) is 0 Å². The Morgan fingerprint density at radius 3 is 2.52 bits per heavy atom. The van der Waals surface area contributed by atoms with E-state index in [4.69, 9.17) is 5.11 Å². The van der Waals surface area contributed by atoms with Gasteiger partial charge in [0, 0.05) is 34.1 Å². The number of piperidine rings is 1. The lowest BCUT2D eigenvalue weighted by atomic mass is 9.97. The minimum Gasteiger partial charge on any atom is -0.481 e. The number of nitro groups is 1. The summed E-state index contributed by atoms with van der Waals surface area (Å²) in [6, 6.07) is 0. The van der Waals surface area contributed by atoms with E-state index in [2.05, 4.69) is 26.0 Å². The molecule has 0 unspecified atom stereocenters. The second-order valence-electron chi connectivity index (χ2n) is 4.59. The third kappa shape index (κ3) is 3.54. The van der Waals surface area contributed by atoms with Gasteiger partial charge in [-0.3, -0.25) is 9.59 Å². The molecule has 0 radical (unpaired) electrons. The number of carboxylic acid groups (broad SMARTS) is 1. The zero-order valence-corrected chi connectivity index (χ0v) is 12.4. The van der Waals surface area contributed by atoms with Gasteiger partial charge in [-0.2, -0.15) is 4.68 Å². The lowest BCUT2D eigenvalue weighted by Crippen LogP contribution is -2.41. The average molecular weight is 362 g/mol. The van der Waals surface area contributed by atoms with E-state index in [0.717, 1.165) is 4.68 Å². The first kappa shape index (κ1) is 15.4. The van der Waals surface area contributed by atoms with Crippen LogP contribution in [0.4, 0.5) is 5.95 Å². The van der Waals surface area contributed by atoms with Gasteiger partial charge in [-0.05, 0) is 22.7 Å². The topological polar surface area (TPSA) is 131 Å². The number of aromatic nitrogens is 3. The Morgan fingerprint density at radius 1 is 1.43 bits per heavy atom. The number of rotatable bonds is 4. The highest BCUT2D eigenvalue weighted by Crippen LogP contribution is 2.18. The molecule has 0 saturated carbocycles. The van der Waals surface area contributed by atoms with Crippen LogP contribution in [0.15, 0.2) is 4.73 Å². The fourth-order valence-electron chi connectivity index (χ4n) is 2.09. The zero-order chi connectivity index (χ0) is 15.6. The summed E-state index contributed by atoms with van der Waals surface area (Å²) in [4.78, 5) is 37.8. The summed E-state index contributed by atoms with van der Waals surface area (Å²) in [5, 5.41) is 23.0. The van der Waals surface area contributed by atoms with Crippen LogP contribution in [0.5, 0.6) is 0 Å². The van der Waals surface area contributed by atoms with Gasteiger partial charge in [-0.15, -0.1) is 0 Å². The van der Waals surface area contributed by atoms with Crippen LogP contribution in [0, 0.1) is 16.0 Å². The summed E-state index contributed by atoms with van der Waals surface area (Å²) < 4.78 is 1.20. The van der Waals surface area contributed by atoms with Gasteiger partial charge in [-0.1, -0.05) is 0 Å². The maximum Gasteiger partial charge on any atom is 0.492 e. The summed E-state index contributed by atoms with van der Waals surface area (Å²) in [6.07, 6.45) is 0.805. The molecule has 1 fully saturated rings. The number of carbonyl (C=O) groups is 2. The van der Waals surface area contributed by atoms with E-state index >= 15 is 0 Å². The van der Waals surface area contributed by atoms with Crippen molar-refractivity contribution in [3.63, 3.8) is 0 Å². The normalized spacial score (nSPS) is 16.0. The molecule has 0 aliphatic carbocycles. The van der Waals surface area contributed by atoms with Gasteiger partial charge < -0.3 is 20.1 Å². The van der Waals surface area contributed by atoms with Gasteiger partial charge in [0.1, 0.15) is 6.54 Å². The van der Waals surface area contributed by atoms with Crippen molar-refractivity contribution in [3.8, 4) is 0 Å². The van der Waals surface area contributed by atoms with Crippen LogP contribution in [0.1, 0.15) is 12.8 Å². The highest BCUT2D eigenvalue weighted by molar-refractivity contribution is 9.10. The highest BCUT2D eigenvalue weighted by Gasteiger charge is 2.28. The average Bonchev–Trinajstić information content (AvgIpc) is 2.80. The molecule has 1 N–H and O–H groups in total. The Hall–Kier alpha value is -2.04. The van der Waals surface area contributed by atoms with Crippen molar-refractivity contribution in [2.24, 2.45) is 5.92 Å². The van der Waals surface area contributed by atoms with Gasteiger partial charge >= 0.3 is 11.9 Å². The van der Waals surface area contributed by atoms with E-state index < -0.39 is 22.8 Å². The number of nitrogens with zero attached hydrogens (tertiary/aromatic N) is 5. The quantitative estimate of drug-likeness (QED) is 0.601. The van der Waals surface area contributed by atoms with Gasteiger partial charge in [0.25, 0.3) is 4.73 Å². The molecule has 1 aromatic heterocycles. The molecular weight excluding hydrogens is 350 g/mol. The van der Waals surface area contributed by atoms with Crippen LogP contribution in [0.3, 0.4) is 0 Å². The monoisotopic (exact) mass is 361 g/mol. The van der Waals surface area contributed by atoms with E-state index in [1.54, 1.807) is 0 Å². The number of hydrogen-bond donors (Lipinski definition) is 1. The fourth-order valence-corrected chi connectivity index (χ4v) is 2.46. The van der Waals surface area contributed by atoms with Gasteiger partial charge in [0.2, 0.25) is 5.91 Å². The van der Waals surface area contributed by atoms with Crippen molar-refractivity contribution < 1.29 is 19.6 Å². The second-order valence-corrected chi connectivity index (χ2v) is 5.30. The van der Waals surface area contributed by atoms with E-state index in [1.807, 2.05) is 0 Å². The molecule has 1 aromatic rings. The van der Waals surface area contributed by atoms with Gasteiger partial charge in [-0.25, -0.2) is 0 Å². The number of likely N-dealkylation sites (tertiary alicyclic amines) is 1. The van der Waals surface area contributed by atoms with Crippen LogP contribution in [-0.2, 0) is 16.1 Å². The Balaban J connectivity index is 1.96. The molecule has 0 atom stereocenters. The number of amides is 1. The SMILES string of the molecule is O=C(O)C1CCN(C(=O)Cn2nc([N+](=O)[O-])nc2Br)CC1. The number of halogens is 1. The molecule has 1 aliphatic heterocycles. The van der Waals surface area contributed by atoms with Crippen molar-refractivity contribution in [1.82, 2.24) is 19.7 Å². The van der Waals surface area contributed by atoms with Crippen LogP contribution in [0.2, 0.25) is 0 Å². The van der Waals surface area contributed by atoms with Crippen molar-refractivity contribution in [1.29, 1.82) is 0 Å². The Labute approximate surface area is 127 Å². The summed E-state index contributed by atoms with van der Waals surface area (Å²) >= 11 is 3.00. The number of hydrogen-bond acceptors (Lipinski definition) is 6. The zero-order valence-electron chi connectivity index (χ0n) is 10.8. The third-order valence-corrected chi connectivity index (χ3v) is 3.85. The fraction of sp³-hybridized carbons (Fsp3) is 0.600. The Morgan fingerprint density at radius 2 is 2.05 bits per heavy atom. The lowest BCUT2D eigenvalue weighted by Gasteiger charge is -2.29. The predicted molar refractivity (Wildman–Crippen MR) is 71.3 cm³/mol. The smallest absolute Gasteiger partial charge is 0.481 e. The summed E-state index contributed by atoms with van der Waals surface area (Å²) in [5.41, 5.74) is 0. The number of aliphatic carboxylic acids is 1. The first-order valence-corrected chi connectivity index (χ1v) is 6.93. The van der Waals surface area contributed by atoms with Crippen LogP contribution < -0.4 is 0 Å². The lowest BCUT2D eigenvalue weighted by molar-refractivity contribution is -0.394. The Bertz CT molecular complexity index is 580. The highest BCUT2D eigenvalue weighted by atomic mass is 79.9. The van der Waals surface area contributed by atoms with E-state index in [1.165, 1.54) is 4.90 Å². The maximum atomic E-state index is 12.1. The van der Waals surface area contributed by atoms with E-state index in [0.29, 0.717) is 25.9 Å². The van der Waals surface area contributed by atoms with Crippen LogP contribution in [0.25, 0.3) is 0 Å². The molecule has 1 aliphatic rings. The summed E-state index contributed by atoms with van der Waals surface area (Å²) in [5.74, 6) is -2.14. The van der Waals surface area contributed by atoms with Crippen molar-refractivity contribution in [2.75, 3.05) is 13.1 Å². The molecule has 2 heterocycles. The molecule has 1 saturated heterocycles. The minimum absolute atomic E-state index is 0.1000. The first-order chi connectivity index (χ1) is 9.88. The molecule has 0 spiro atoms. The maximum absolute atomic E-state index is 12.1. The second kappa shape index (κ2) is 6.16. The van der Waals surface area contributed by atoms with Crippen molar-refractivity contribution in [2.45, 2.75) is 19.4 Å². The molecule has 11 heteroatoms. The van der Waals surface area contributed by atoms with Gasteiger partial charge in [0.05, 0.1) is 5.92 Å². The van der Waals surface area contributed by atoms with Crippen LogP contribution in [-0.4, -0.2) is 54.7 Å². The largest absolute Gasteiger partial charge is 0.492 e. The molecule has 1 amide bonds. The van der Waals surface area contributed by atoms with Crippen molar-refractivity contribution in [3.05, 3.63) is 14.8 Å². The molecule has 2 rings (SSSR count). The molecule has 10 nitrogen and oxygen atoms in total. The number of carboxylic acids is 1. The van der Waals surface area contributed by atoms with E-state index in [9.17, 15) is 19.7 Å². The molecule has 21 heavy (non-hydrogen) atoms. The standard InChI is InChI=1S/C10H12BrN5O5/c11-9-12-10(16(20)21)13-15(9)5-7(17)14-3-1-6(2-4-14)8(18)19/h6H,1-5H2,(H,18,19). The Kier molecular flexibility index (Phi) is 4.50. The van der Waals surface area contributed by atoms with Crippen LogP contribution >= 0.6 is 15.9 Å². The number of carbonyl (C=O) groups excluding carboxylic acids is 1. The molecule has 114 valence electrons. The first-order valence-electron chi connectivity index (χ1n) is 6.14.